The molecule has 0 radical (unpaired) electrons. The summed E-state index contributed by atoms with van der Waals surface area (Å²) < 4.78 is 12.4. The standard InChI is InChI=1S/C18H26N2O2S/c1-15(21)20-12-6-10-18(20)17-9-5-11-19(17)13-14-23(22)16-7-3-2-4-8-16/h2-4,7-8,17-18H,5-6,9-14H2,1H3/t17-,18+,23+/m0/s1. The Labute approximate surface area is 141 Å². The summed E-state index contributed by atoms with van der Waals surface area (Å²) in [5.74, 6) is 0.875. The fourth-order valence-electron chi connectivity index (χ4n) is 4.04. The van der Waals surface area contributed by atoms with Gasteiger partial charge in [-0.05, 0) is 44.4 Å². The van der Waals surface area contributed by atoms with Crippen molar-refractivity contribution < 1.29 is 9.00 Å². The highest BCUT2D eigenvalue weighted by Gasteiger charge is 2.38. The van der Waals surface area contributed by atoms with E-state index in [1.807, 2.05) is 30.3 Å². The van der Waals surface area contributed by atoms with E-state index >= 15 is 0 Å². The van der Waals surface area contributed by atoms with Crippen LogP contribution in [0.1, 0.15) is 32.6 Å². The van der Waals surface area contributed by atoms with Crippen molar-refractivity contribution in [3.05, 3.63) is 30.3 Å². The first kappa shape index (κ1) is 16.7. The third kappa shape index (κ3) is 3.83. The number of hydrogen-bond donors (Lipinski definition) is 0. The minimum atomic E-state index is -0.936. The van der Waals surface area contributed by atoms with Gasteiger partial charge in [-0.1, -0.05) is 18.2 Å². The Morgan fingerprint density at radius 3 is 2.57 bits per heavy atom. The van der Waals surface area contributed by atoms with E-state index in [1.165, 1.54) is 6.42 Å². The highest BCUT2D eigenvalue weighted by Crippen LogP contribution is 2.30. The second kappa shape index (κ2) is 7.58. The van der Waals surface area contributed by atoms with Gasteiger partial charge >= 0.3 is 0 Å². The average Bonchev–Trinajstić information content (AvgIpc) is 3.21. The number of carbonyl (C=O) groups excluding carboxylic acids is 1. The Morgan fingerprint density at radius 2 is 1.83 bits per heavy atom. The predicted molar refractivity (Wildman–Crippen MR) is 92.7 cm³/mol. The van der Waals surface area contributed by atoms with Gasteiger partial charge in [0.2, 0.25) is 5.91 Å². The van der Waals surface area contributed by atoms with Gasteiger partial charge in [0, 0.05) is 42.7 Å². The molecule has 23 heavy (non-hydrogen) atoms. The summed E-state index contributed by atoms with van der Waals surface area (Å²) in [7, 11) is -0.936. The van der Waals surface area contributed by atoms with Crippen molar-refractivity contribution in [1.29, 1.82) is 0 Å². The number of rotatable bonds is 5. The van der Waals surface area contributed by atoms with Crippen molar-refractivity contribution in [1.82, 2.24) is 9.80 Å². The van der Waals surface area contributed by atoms with Crippen LogP contribution in [-0.4, -0.2) is 57.4 Å². The number of amides is 1. The first-order valence-corrected chi connectivity index (χ1v) is 9.93. The molecule has 2 heterocycles. The normalized spacial score (nSPS) is 26.6. The van der Waals surface area contributed by atoms with E-state index in [-0.39, 0.29) is 5.91 Å². The lowest BCUT2D eigenvalue weighted by molar-refractivity contribution is -0.130. The van der Waals surface area contributed by atoms with E-state index in [0.29, 0.717) is 17.8 Å². The number of likely N-dealkylation sites (tertiary alicyclic amines) is 2. The molecule has 2 aliphatic rings. The Hall–Kier alpha value is -1.20. The van der Waals surface area contributed by atoms with Gasteiger partial charge in [0.15, 0.2) is 0 Å². The highest BCUT2D eigenvalue weighted by atomic mass is 32.2. The van der Waals surface area contributed by atoms with Crippen LogP contribution < -0.4 is 0 Å². The van der Waals surface area contributed by atoms with Crippen LogP contribution in [0.2, 0.25) is 0 Å². The van der Waals surface area contributed by atoms with Gasteiger partial charge in [0.1, 0.15) is 0 Å². The summed E-state index contributed by atoms with van der Waals surface area (Å²) in [4.78, 5) is 17.3. The molecule has 0 N–H and O–H groups in total. The van der Waals surface area contributed by atoms with E-state index in [9.17, 15) is 9.00 Å². The molecule has 0 aromatic heterocycles. The Bertz CT molecular complexity index is 563. The average molecular weight is 334 g/mol. The molecule has 126 valence electrons. The second-order valence-electron chi connectivity index (χ2n) is 6.53. The van der Waals surface area contributed by atoms with Crippen molar-refractivity contribution >= 4 is 16.7 Å². The van der Waals surface area contributed by atoms with Crippen LogP contribution in [0.5, 0.6) is 0 Å². The van der Waals surface area contributed by atoms with Crippen LogP contribution in [0.3, 0.4) is 0 Å². The molecule has 1 amide bonds. The summed E-state index contributed by atoms with van der Waals surface area (Å²) in [5.41, 5.74) is 0. The zero-order valence-electron chi connectivity index (χ0n) is 13.8. The first-order chi connectivity index (χ1) is 11.2. The molecule has 4 nitrogen and oxygen atoms in total. The van der Waals surface area contributed by atoms with E-state index in [2.05, 4.69) is 9.80 Å². The maximum atomic E-state index is 12.4. The maximum absolute atomic E-state index is 12.4. The lowest BCUT2D eigenvalue weighted by Gasteiger charge is -2.34. The summed E-state index contributed by atoms with van der Waals surface area (Å²) in [5, 5.41) is 0. The monoisotopic (exact) mass is 334 g/mol. The van der Waals surface area contributed by atoms with E-state index < -0.39 is 10.8 Å². The van der Waals surface area contributed by atoms with Crippen LogP contribution in [0.15, 0.2) is 35.2 Å². The fraction of sp³-hybridized carbons (Fsp3) is 0.611. The second-order valence-corrected chi connectivity index (χ2v) is 8.10. The summed E-state index contributed by atoms with van der Waals surface area (Å²) in [6.07, 6.45) is 4.57. The van der Waals surface area contributed by atoms with Crippen LogP contribution in [0.25, 0.3) is 0 Å². The predicted octanol–water partition coefficient (Wildman–Crippen LogP) is 2.27. The van der Waals surface area contributed by atoms with E-state index in [0.717, 1.165) is 43.8 Å². The highest BCUT2D eigenvalue weighted by molar-refractivity contribution is 7.85. The Balaban J connectivity index is 1.59. The third-order valence-corrected chi connectivity index (χ3v) is 6.48. The number of carbonyl (C=O) groups is 1. The summed E-state index contributed by atoms with van der Waals surface area (Å²) >= 11 is 0. The van der Waals surface area contributed by atoms with Gasteiger partial charge in [-0.2, -0.15) is 0 Å². The summed E-state index contributed by atoms with van der Waals surface area (Å²) in [6.45, 7) is 4.51. The van der Waals surface area contributed by atoms with E-state index in [1.54, 1.807) is 6.92 Å². The first-order valence-electron chi connectivity index (χ1n) is 8.61. The zero-order valence-corrected chi connectivity index (χ0v) is 14.6. The topological polar surface area (TPSA) is 40.6 Å². The van der Waals surface area contributed by atoms with Gasteiger partial charge in [-0.15, -0.1) is 0 Å². The smallest absolute Gasteiger partial charge is 0.219 e. The lowest BCUT2D eigenvalue weighted by atomic mass is 10.0. The molecule has 3 atom stereocenters. The zero-order chi connectivity index (χ0) is 16.2. The molecule has 1 aromatic rings. The van der Waals surface area contributed by atoms with E-state index in [4.69, 9.17) is 0 Å². The van der Waals surface area contributed by atoms with Crippen molar-refractivity contribution in [3.63, 3.8) is 0 Å². The SMILES string of the molecule is CC(=O)N1CCC[C@@H]1[C@@H]1CCCN1CC[S@@](=O)c1ccccc1. The van der Waals surface area contributed by atoms with Gasteiger partial charge in [0.25, 0.3) is 0 Å². The molecule has 3 rings (SSSR count). The van der Waals surface area contributed by atoms with Crippen LogP contribution in [0.4, 0.5) is 0 Å². The molecule has 1 aromatic carbocycles. The largest absolute Gasteiger partial charge is 0.338 e. The number of hydrogen-bond acceptors (Lipinski definition) is 3. The molecule has 2 saturated heterocycles. The minimum absolute atomic E-state index is 0.201. The van der Waals surface area contributed by atoms with Gasteiger partial charge in [-0.25, -0.2) is 0 Å². The van der Waals surface area contributed by atoms with Crippen molar-refractivity contribution in [2.45, 2.75) is 49.6 Å². The van der Waals surface area contributed by atoms with Gasteiger partial charge < -0.3 is 4.90 Å². The molecule has 0 spiro atoms. The molecule has 0 saturated carbocycles. The van der Waals surface area contributed by atoms with Crippen molar-refractivity contribution in [2.75, 3.05) is 25.4 Å². The lowest BCUT2D eigenvalue weighted by Crippen LogP contribution is -2.48. The van der Waals surface area contributed by atoms with Gasteiger partial charge in [-0.3, -0.25) is 13.9 Å². The number of benzene rings is 1. The molecular weight excluding hydrogens is 308 g/mol. The van der Waals surface area contributed by atoms with Crippen LogP contribution in [-0.2, 0) is 15.6 Å². The molecule has 5 heteroatoms. The number of nitrogens with zero attached hydrogens (tertiary/aromatic N) is 2. The van der Waals surface area contributed by atoms with Gasteiger partial charge in [0.05, 0.1) is 10.8 Å². The fourth-order valence-corrected chi connectivity index (χ4v) is 5.14. The van der Waals surface area contributed by atoms with Crippen molar-refractivity contribution in [2.24, 2.45) is 0 Å². The molecule has 0 bridgehead atoms. The van der Waals surface area contributed by atoms with Crippen LogP contribution in [0, 0.1) is 0 Å². The quantitative estimate of drug-likeness (QED) is 0.829. The van der Waals surface area contributed by atoms with Crippen molar-refractivity contribution in [3.8, 4) is 0 Å². The maximum Gasteiger partial charge on any atom is 0.219 e. The Kier molecular flexibility index (Phi) is 5.49. The summed E-state index contributed by atoms with van der Waals surface area (Å²) in [6, 6.07) is 10.5. The third-order valence-electron chi connectivity index (χ3n) is 5.13. The molecule has 0 unspecified atom stereocenters. The Morgan fingerprint density at radius 1 is 1.13 bits per heavy atom. The molecule has 2 fully saturated rings. The molecular formula is C18H26N2O2S. The molecule has 2 aliphatic heterocycles. The van der Waals surface area contributed by atoms with Crippen LogP contribution >= 0.6 is 0 Å². The molecule has 0 aliphatic carbocycles. The minimum Gasteiger partial charge on any atom is -0.338 e.